The first-order chi connectivity index (χ1) is 9.47. The number of non-ortho nitro benzene ring substituents is 1. The lowest BCUT2D eigenvalue weighted by atomic mass is 10.2. The van der Waals surface area contributed by atoms with Gasteiger partial charge in [0.1, 0.15) is 5.69 Å². The molecule has 0 saturated carbocycles. The average Bonchev–Trinajstić information content (AvgIpc) is 2.78. The van der Waals surface area contributed by atoms with E-state index in [1.54, 1.807) is 6.07 Å². The van der Waals surface area contributed by atoms with Crippen molar-refractivity contribution in [2.75, 3.05) is 11.9 Å². The number of hydrogen-bond acceptors (Lipinski definition) is 4. The molecule has 0 unspecified atom stereocenters. The zero-order valence-corrected chi connectivity index (χ0v) is 11.6. The molecule has 1 aromatic carbocycles. The lowest BCUT2D eigenvalue weighted by molar-refractivity contribution is -0.385. The molecule has 4 nitrogen and oxygen atoms in total. The predicted molar refractivity (Wildman–Crippen MR) is 74.5 cm³/mol. The van der Waals surface area contributed by atoms with Crippen LogP contribution in [-0.4, -0.2) is 11.5 Å². The van der Waals surface area contributed by atoms with Gasteiger partial charge in [0.2, 0.25) is 0 Å². The van der Waals surface area contributed by atoms with Crippen molar-refractivity contribution in [3.63, 3.8) is 0 Å². The minimum Gasteiger partial charge on any atom is -0.380 e. The van der Waals surface area contributed by atoms with Crippen molar-refractivity contribution in [1.82, 2.24) is 0 Å². The van der Waals surface area contributed by atoms with Crippen molar-refractivity contribution >= 4 is 34.3 Å². The number of nitro groups is 1. The topological polar surface area (TPSA) is 55.2 Å². The summed E-state index contributed by atoms with van der Waals surface area (Å²) in [6.07, 6.45) is 0.549. The Balaban J connectivity index is 2.04. The van der Waals surface area contributed by atoms with Crippen molar-refractivity contribution in [3.8, 4) is 0 Å². The summed E-state index contributed by atoms with van der Waals surface area (Å²) in [7, 11) is 0. The maximum Gasteiger partial charge on any atom is 0.275 e. The summed E-state index contributed by atoms with van der Waals surface area (Å²) in [5, 5.41) is 13.1. The smallest absolute Gasteiger partial charge is 0.275 e. The minimum absolute atomic E-state index is 0.294. The van der Waals surface area contributed by atoms with Gasteiger partial charge >= 0.3 is 0 Å². The van der Waals surface area contributed by atoms with E-state index < -0.39 is 22.2 Å². The Morgan fingerprint density at radius 2 is 1.95 bits per heavy atom. The molecule has 0 aliphatic rings. The highest BCUT2D eigenvalue weighted by Crippen LogP contribution is 2.25. The molecule has 106 valence electrons. The maximum atomic E-state index is 13.6. The first-order valence-corrected chi connectivity index (χ1v) is 6.78. The monoisotopic (exact) mass is 318 g/mol. The van der Waals surface area contributed by atoms with Gasteiger partial charge in [-0.15, -0.1) is 11.3 Å². The number of thiophene rings is 1. The molecule has 8 heteroatoms. The Bertz CT molecular complexity index is 625. The van der Waals surface area contributed by atoms with E-state index in [9.17, 15) is 18.9 Å². The van der Waals surface area contributed by atoms with Gasteiger partial charge in [-0.05, 0) is 18.6 Å². The molecular weight excluding hydrogens is 310 g/mol. The summed E-state index contributed by atoms with van der Waals surface area (Å²) in [4.78, 5) is 10.6. The van der Waals surface area contributed by atoms with Crippen molar-refractivity contribution in [1.29, 1.82) is 0 Å². The number of nitro benzene ring substituents is 1. The number of benzene rings is 1. The molecule has 0 spiro atoms. The first kappa shape index (κ1) is 14.7. The van der Waals surface area contributed by atoms with Crippen molar-refractivity contribution in [2.45, 2.75) is 6.42 Å². The van der Waals surface area contributed by atoms with Crippen molar-refractivity contribution < 1.29 is 13.7 Å². The fourth-order valence-corrected chi connectivity index (χ4v) is 2.72. The van der Waals surface area contributed by atoms with Crippen molar-refractivity contribution in [3.05, 3.63) is 55.2 Å². The highest BCUT2D eigenvalue weighted by Gasteiger charge is 2.16. The minimum atomic E-state index is -0.985. The Kier molecular flexibility index (Phi) is 4.51. The molecule has 2 aromatic rings. The number of anilines is 1. The van der Waals surface area contributed by atoms with E-state index in [0.717, 1.165) is 4.88 Å². The maximum absolute atomic E-state index is 13.6. The molecule has 0 aliphatic carbocycles. The number of nitrogens with zero attached hydrogens (tertiary/aromatic N) is 1. The molecule has 1 heterocycles. The van der Waals surface area contributed by atoms with E-state index in [-0.39, 0.29) is 5.69 Å². The zero-order valence-electron chi connectivity index (χ0n) is 10.0. The Labute approximate surface area is 122 Å². The van der Waals surface area contributed by atoms with Crippen LogP contribution in [0, 0.1) is 21.7 Å². The molecule has 0 saturated heterocycles. The van der Waals surface area contributed by atoms with E-state index >= 15 is 0 Å². The van der Waals surface area contributed by atoms with E-state index in [2.05, 4.69) is 5.32 Å². The molecule has 20 heavy (non-hydrogen) atoms. The largest absolute Gasteiger partial charge is 0.380 e. The number of rotatable bonds is 5. The van der Waals surface area contributed by atoms with Crippen LogP contribution in [0.5, 0.6) is 0 Å². The van der Waals surface area contributed by atoms with Gasteiger partial charge in [-0.2, -0.15) is 0 Å². The zero-order chi connectivity index (χ0) is 14.7. The van der Waals surface area contributed by atoms with Gasteiger partial charge in [0.25, 0.3) is 5.69 Å². The summed E-state index contributed by atoms with van der Waals surface area (Å²) in [6, 6.07) is 4.95. The van der Waals surface area contributed by atoms with Gasteiger partial charge in [0, 0.05) is 11.4 Å². The molecule has 1 aromatic heterocycles. The molecule has 0 bridgehead atoms. The number of nitrogens with one attached hydrogen (secondary N) is 1. The van der Waals surface area contributed by atoms with Gasteiger partial charge in [0.15, 0.2) is 11.6 Å². The lowest BCUT2D eigenvalue weighted by Gasteiger charge is -2.08. The molecule has 0 amide bonds. The Hall–Kier alpha value is -1.73. The SMILES string of the molecule is O=[N+]([O-])c1cc(F)c(NCCc2ccc(Cl)s2)c(F)c1. The van der Waals surface area contributed by atoms with Crippen LogP contribution in [-0.2, 0) is 6.42 Å². The number of halogens is 3. The van der Waals surface area contributed by atoms with Gasteiger partial charge in [-0.3, -0.25) is 10.1 Å². The van der Waals surface area contributed by atoms with Gasteiger partial charge in [0.05, 0.1) is 21.4 Å². The predicted octanol–water partition coefficient (Wildman–Crippen LogP) is 4.24. The summed E-state index contributed by atoms with van der Waals surface area (Å²) in [6.45, 7) is 0.294. The highest BCUT2D eigenvalue weighted by molar-refractivity contribution is 7.16. The van der Waals surface area contributed by atoms with Crippen molar-refractivity contribution in [2.24, 2.45) is 0 Å². The van der Waals surface area contributed by atoms with Crippen LogP contribution in [0.1, 0.15) is 4.88 Å². The molecule has 0 radical (unpaired) electrons. The Morgan fingerprint density at radius 3 is 2.45 bits per heavy atom. The summed E-state index contributed by atoms with van der Waals surface area (Å²) in [5.74, 6) is -1.97. The van der Waals surface area contributed by atoms with Gasteiger partial charge < -0.3 is 5.32 Å². The third-order valence-electron chi connectivity index (χ3n) is 2.54. The molecule has 1 N–H and O–H groups in total. The molecule has 0 fully saturated rings. The third-order valence-corrected chi connectivity index (χ3v) is 3.83. The normalized spacial score (nSPS) is 10.6. The summed E-state index contributed by atoms with van der Waals surface area (Å²) in [5.41, 5.74) is -0.978. The summed E-state index contributed by atoms with van der Waals surface area (Å²) >= 11 is 7.15. The van der Waals surface area contributed by atoms with Crippen LogP contribution < -0.4 is 5.32 Å². The second kappa shape index (κ2) is 6.15. The van der Waals surface area contributed by atoms with Crippen LogP contribution in [0.4, 0.5) is 20.2 Å². The second-order valence-corrected chi connectivity index (χ2v) is 5.72. The second-order valence-electron chi connectivity index (χ2n) is 3.92. The molecule has 0 atom stereocenters. The van der Waals surface area contributed by atoms with Gasteiger partial charge in [-0.25, -0.2) is 8.78 Å². The third kappa shape index (κ3) is 3.43. The average molecular weight is 319 g/mol. The molecular formula is C12H9ClF2N2O2S. The fraction of sp³-hybridized carbons (Fsp3) is 0.167. The lowest BCUT2D eigenvalue weighted by Crippen LogP contribution is -2.08. The Morgan fingerprint density at radius 1 is 1.30 bits per heavy atom. The molecule has 0 aliphatic heterocycles. The van der Waals surface area contributed by atoms with E-state index in [1.807, 2.05) is 6.07 Å². The van der Waals surface area contributed by atoms with Crippen LogP contribution in [0.15, 0.2) is 24.3 Å². The summed E-state index contributed by atoms with van der Waals surface area (Å²) < 4.78 is 27.8. The van der Waals surface area contributed by atoms with Gasteiger partial charge in [-0.1, -0.05) is 11.6 Å². The first-order valence-electron chi connectivity index (χ1n) is 5.59. The van der Waals surface area contributed by atoms with Crippen LogP contribution in [0.3, 0.4) is 0 Å². The fourth-order valence-electron chi connectivity index (χ4n) is 1.63. The quantitative estimate of drug-likeness (QED) is 0.662. The standard InChI is InChI=1S/C12H9ClF2N2O2S/c13-11-2-1-8(20-11)3-4-16-12-9(14)5-7(17(18)19)6-10(12)15/h1-2,5-6,16H,3-4H2. The number of hydrogen-bond donors (Lipinski definition) is 1. The van der Waals surface area contributed by atoms with E-state index in [1.165, 1.54) is 11.3 Å². The highest BCUT2D eigenvalue weighted by atomic mass is 35.5. The van der Waals surface area contributed by atoms with Crippen LogP contribution in [0.2, 0.25) is 4.34 Å². The van der Waals surface area contributed by atoms with E-state index in [4.69, 9.17) is 11.6 Å². The van der Waals surface area contributed by atoms with E-state index in [0.29, 0.717) is 29.4 Å². The van der Waals surface area contributed by atoms with Crippen LogP contribution >= 0.6 is 22.9 Å². The molecule has 2 rings (SSSR count). The van der Waals surface area contributed by atoms with Crippen LogP contribution in [0.25, 0.3) is 0 Å².